The summed E-state index contributed by atoms with van der Waals surface area (Å²) in [6.45, 7) is 6.13. The van der Waals surface area contributed by atoms with Crippen molar-refractivity contribution in [1.29, 1.82) is 0 Å². The fraction of sp³-hybridized carbons (Fsp3) is 0.235. The molecule has 0 N–H and O–H groups in total. The lowest BCUT2D eigenvalue weighted by Crippen LogP contribution is -2.22. The van der Waals surface area contributed by atoms with Gasteiger partial charge in [-0.2, -0.15) is 0 Å². The third-order valence-electron chi connectivity index (χ3n) is 2.86. The molecule has 0 unspecified atom stereocenters. The molecule has 0 spiro atoms. The zero-order valence-electron chi connectivity index (χ0n) is 12.2. The quantitative estimate of drug-likeness (QED) is 0.556. The van der Waals surface area contributed by atoms with Crippen molar-refractivity contribution in [2.24, 2.45) is 10.6 Å². The summed E-state index contributed by atoms with van der Waals surface area (Å²) in [5, 5.41) is 4.89. The van der Waals surface area contributed by atoms with Crippen LogP contribution in [0.4, 0.5) is 4.39 Å². The van der Waals surface area contributed by atoms with Gasteiger partial charge in [-0.1, -0.05) is 49.7 Å². The number of hydrogen-bond donors (Lipinski definition) is 0. The smallest absolute Gasteiger partial charge is 0.158 e. The van der Waals surface area contributed by atoms with E-state index in [-0.39, 0.29) is 11.2 Å². The molecule has 2 rings (SSSR count). The Morgan fingerprint density at radius 3 is 2.33 bits per heavy atom. The zero-order chi connectivity index (χ0) is 15.5. The Hall–Kier alpha value is -1.87. The Balaban J connectivity index is 2.32. The summed E-state index contributed by atoms with van der Waals surface area (Å²) in [6.07, 6.45) is 0. The molecule has 4 heteroatoms. The fourth-order valence-electron chi connectivity index (χ4n) is 1.85. The second-order valence-corrected chi connectivity index (χ2v) is 6.18. The first kappa shape index (κ1) is 15.5. The van der Waals surface area contributed by atoms with Crippen LogP contribution in [-0.2, 0) is 0 Å². The van der Waals surface area contributed by atoms with Gasteiger partial charge >= 0.3 is 0 Å². The van der Waals surface area contributed by atoms with Gasteiger partial charge in [0.2, 0.25) is 0 Å². The van der Waals surface area contributed by atoms with E-state index >= 15 is 0 Å². The van der Waals surface area contributed by atoms with Crippen LogP contribution in [0.3, 0.4) is 0 Å². The van der Waals surface area contributed by atoms with E-state index in [2.05, 4.69) is 5.16 Å². The number of benzene rings is 2. The summed E-state index contributed by atoms with van der Waals surface area (Å²) in [6, 6.07) is 13.2. The predicted molar refractivity (Wildman–Crippen MR) is 84.5 cm³/mol. The SMILES string of the molecule is CC(C)(C)/C(=N\Oc1ccc(F)cc1)c1cccc(Cl)c1. The van der Waals surface area contributed by atoms with Crippen LogP contribution in [0.1, 0.15) is 26.3 Å². The number of rotatable bonds is 3. The molecule has 0 bridgehead atoms. The Morgan fingerprint density at radius 2 is 1.76 bits per heavy atom. The molecule has 0 aliphatic heterocycles. The van der Waals surface area contributed by atoms with E-state index in [1.165, 1.54) is 24.3 Å². The van der Waals surface area contributed by atoms with Gasteiger partial charge in [0.1, 0.15) is 5.82 Å². The minimum Gasteiger partial charge on any atom is -0.357 e. The van der Waals surface area contributed by atoms with Crippen molar-refractivity contribution in [2.75, 3.05) is 0 Å². The minimum atomic E-state index is -0.308. The molecule has 2 aromatic rings. The van der Waals surface area contributed by atoms with E-state index in [9.17, 15) is 4.39 Å². The third-order valence-corrected chi connectivity index (χ3v) is 3.10. The van der Waals surface area contributed by atoms with Crippen molar-refractivity contribution < 1.29 is 9.23 Å². The van der Waals surface area contributed by atoms with Crippen LogP contribution in [0.5, 0.6) is 5.75 Å². The van der Waals surface area contributed by atoms with E-state index in [1.807, 2.05) is 45.0 Å². The van der Waals surface area contributed by atoms with Gasteiger partial charge in [0.15, 0.2) is 5.75 Å². The second-order valence-electron chi connectivity index (χ2n) is 5.75. The number of nitrogens with zero attached hydrogens (tertiary/aromatic N) is 1. The number of oxime groups is 1. The summed E-state index contributed by atoms with van der Waals surface area (Å²) in [7, 11) is 0. The Kier molecular flexibility index (Phi) is 4.63. The molecule has 0 aliphatic rings. The summed E-state index contributed by atoms with van der Waals surface area (Å²) < 4.78 is 12.9. The van der Waals surface area contributed by atoms with Crippen LogP contribution >= 0.6 is 11.6 Å². The standard InChI is InChI=1S/C17H17ClFNO/c1-17(2,3)16(12-5-4-6-13(18)11-12)20-21-15-9-7-14(19)8-10-15/h4-11H,1-3H3/b20-16-. The Morgan fingerprint density at radius 1 is 1.10 bits per heavy atom. The average Bonchev–Trinajstić information content (AvgIpc) is 2.40. The van der Waals surface area contributed by atoms with Gasteiger partial charge in [0, 0.05) is 16.0 Å². The van der Waals surface area contributed by atoms with Crippen molar-refractivity contribution >= 4 is 17.3 Å². The van der Waals surface area contributed by atoms with Crippen molar-refractivity contribution in [2.45, 2.75) is 20.8 Å². The average molecular weight is 306 g/mol. The molecule has 2 aromatic carbocycles. The molecule has 0 saturated carbocycles. The van der Waals surface area contributed by atoms with Gasteiger partial charge in [-0.05, 0) is 36.4 Å². The van der Waals surface area contributed by atoms with Gasteiger partial charge in [-0.3, -0.25) is 0 Å². The molecule has 0 fully saturated rings. The van der Waals surface area contributed by atoms with Crippen molar-refractivity contribution in [1.82, 2.24) is 0 Å². The van der Waals surface area contributed by atoms with Crippen LogP contribution in [0, 0.1) is 11.2 Å². The summed E-state index contributed by atoms with van der Waals surface area (Å²) in [5.74, 6) is 0.178. The first-order valence-corrected chi connectivity index (χ1v) is 7.01. The molecule has 21 heavy (non-hydrogen) atoms. The molecule has 0 heterocycles. The highest BCUT2D eigenvalue weighted by atomic mass is 35.5. The Labute approximate surface area is 129 Å². The molecule has 0 amide bonds. The van der Waals surface area contributed by atoms with Crippen LogP contribution in [-0.4, -0.2) is 5.71 Å². The molecule has 0 atom stereocenters. The number of halogens is 2. The molecule has 0 aromatic heterocycles. The van der Waals surface area contributed by atoms with Gasteiger partial charge in [0.25, 0.3) is 0 Å². The first-order chi connectivity index (χ1) is 9.86. The van der Waals surface area contributed by atoms with Crippen LogP contribution < -0.4 is 4.84 Å². The normalized spacial score (nSPS) is 12.3. The monoisotopic (exact) mass is 305 g/mol. The number of hydrogen-bond acceptors (Lipinski definition) is 2. The van der Waals surface area contributed by atoms with Crippen LogP contribution in [0.15, 0.2) is 53.7 Å². The lowest BCUT2D eigenvalue weighted by molar-refractivity contribution is 0.333. The molecular weight excluding hydrogens is 289 g/mol. The largest absolute Gasteiger partial charge is 0.357 e. The third kappa shape index (κ3) is 4.30. The molecule has 110 valence electrons. The highest BCUT2D eigenvalue weighted by Gasteiger charge is 2.22. The highest BCUT2D eigenvalue weighted by molar-refractivity contribution is 6.31. The van der Waals surface area contributed by atoms with Gasteiger partial charge < -0.3 is 4.84 Å². The van der Waals surface area contributed by atoms with Crippen molar-refractivity contribution in [3.8, 4) is 5.75 Å². The molecule has 2 nitrogen and oxygen atoms in total. The van der Waals surface area contributed by atoms with Gasteiger partial charge in [-0.15, -0.1) is 0 Å². The maximum absolute atomic E-state index is 12.9. The van der Waals surface area contributed by atoms with E-state index in [0.717, 1.165) is 11.3 Å². The lowest BCUT2D eigenvalue weighted by Gasteiger charge is -2.21. The van der Waals surface area contributed by atoms with E-state index in [0.29, 0.717) is 10.8 Å². The topological polar surface area (TPSA) is 21.6 Å². The van der Waals surface area contributed by atoms with Crippen LogP contribution in [0.2, 0.25) is 5.02 Å². The van der Waals surface area contributed by atoms with Gasteiger partial charge in [0.05, 0.1) is 5.71 Å². The summed E-state index contributed by atoms with van der Waals surface area (Å²) in [5.41, 5.74) is 1.46. The van der Waals surface area contributed by atoms with Crippen molar-refractivity contribution in [3.63, 3.8) is 0 Å². The fourth-order valence-corrected chi connectivity index (χ4v) is 2.04. The second kappa shape index (κ2) is 6.27. The van der Waals surface area contributed by atoms with E-state index in [1.54, 1.807) is 0 Å². The molecule has 0 radical (unpaired) electrons. The van der Waals surface area contributed by atoms with Gasteiger partial charge in [-0.25, -0.2) is 4.39 Å². The van der Waals surface area contributed by atoms with Crippen LogP contribution in [0.25, 0.3) is 0 Å². The predicted octanol–water partition coefficient (Wildman–Crippen LogP) is 5.31. The lowest BCUT2D eigenvalue weighted by atomic mass is 9.86. The molecule has 0 saturated heterocycles. The maximum Gasteiger partial charge on any atom is 0.158 e. The maximum atomic E-state index is 12.9. The summed E-state index contributed by atoms with van der Waals surface area (Å²) >= 11 is 6.04. The highest BCUT2D eigenvalue weighted by Crippen LogP contribution is 2.24. The van der Waals surface area contributed by atoms with E-state index in [4.69, 9.17) is 16.4 Å². The molecular formula is C17H17ClFNO. The zero-order valence-corrected chi connectivity index (χ0v) is 13.0. The Bertz CT molecular complexity index is 645. The van der Waals surface area contributed by atoms with E-state index < -0.39 is 0 Å². The summed E-state index contributed by atoms with van der Waals surface area (Å²) in [4.78, 5) is 5.42. The van der Waals surface area contributed by atoms with Crippen molar-refractivity contribution in [3.05, 3.63) is 64.9 Å². The minimum absolute atomic E-state index is 0.218. The molecule has 0 aliphatic carbocycles. The first-order valence-electron chi connectivity index (χ1n) is 6.63.